The number of nitrogens with one attached hydrogen (secondary N) is 1. The minimum atomic E-state index is -1.12. The summed E-state index contributed by atoms with van der Waals surface area (Å²) in [5.41, 5.74) is 1.31. The van der Waals surface area contributed by atoms with E-state index in [0.29, 0.717) is 30.0 Å². The molecule has 1 saturated heterocycles. The van der Waals surface area contributed by atoms with Crippen molar-refractivity contribution in [3.63, 3.8) is 0 Å². The number of ether oxygens (including phenoxy) is 2. The van der Waals surface area contributed by atoms with Crippen molar-refractivity contribution < 1.29 is 27.4 Å². The van der Waals surface area contributed by atoms with Gasteiger partial charge in [-0.2, -0.15) is 5.10 Å². The zero-order valence-corrected chi connectivity index (χ0v) is 20.8. The van der Waals surface area contributed by atoms with E-state index in [4.69, 9.17) is 9.47 Å². The second kappa shape index (κ2) is 10.8. The number of carbonyl (C=O) groups excluding carboxylic acids is 1. The summed E-state index contributed by atoms with van der Waals surface area (Å²) < 4.78 is 55.4. The number of alkyl halides is 1. The second-order valence-electron chi connectivity index (χ2n) is 9.27. The molecule has 2 aromatic carbocycles. The van der Waals surface area contributed by atoms with Gasteiger partial charge in [-0.25, -0.2) is 23.1 Å². The Morgan fingerprint density at radius 2 is 2.05 bits per heavy atom. The highest BCUT2D eigenvalue weighted by molar-refractivity contribution is 5.98. The van der Waals surface area contributed by atoms with E-state index in [1.165, 1.54) is 31.5 Å². The Labute approximate surface area is 216 Å². The lowest BCUT2D eigenvalue weighted by Gasteiger charge is -2.25. The highest BCUT2D eigenvalue weighted by Crippen LogP contribution is 2.28. The zero-order chi connectivity index (χ0) is 26.8. The van der Waals surface area contributed by atoms with Gasteiger partial charge in [-0.3, -0.25) is 9.48 Å². The Bertz CT molecular complexity index is 1480. The van der Waals surface area contributed by atoms with Crippen LogP contribution < -0.4 is 10.1 Å². The Morgan fingerprint density at radius 3 is 2.76 bits per heavy atom. The van der Waals surface area contributed by atoms with E-state index in [1.807, 2.05) is 0 Å². The molecular weight excluding hydrogens is 499 g/mol. The largest absolute Gasteiger partial charge is 0.494 e. The molecule has 8 nitrogen and oxygen atoms in total. The summed E-state index contributed by atoms with van der Waals surface area (Å²) in [4.78, 5) is 22.0. The van der Waals surface area contributed by atoms with Crippen LogP contribution >= 0.6 is 0 Å². The van der Waals surface area contributed by atoms with E-state index in [1.54, 1.807) is 30.2 Å². The van der Waals surface area contributed by atoms with E-state index >= 15 is 0 Å². The van der Waals surface area contributed by atoms with Crippen LogP contribution in [0.1, 0.15) is 39.8 Å². The smallest absolute Gasteiger partial charge is 0.252 e. The number of rotatable bonds is 7. The van der Waals surface area contributed by atoms with Crippen LogP contribution in [0.4, 0.5) is 13.2 Å². The van der Waals surface area contributed by atoms with Gasteiger partial charge in [0.1, 0.15) is 17.8 Å². The number of amides is 1. The van der Waals surface area contributed by atoms with Gasteiger partial charge in [-0.05, 0) is 36.2 Å². The van der Waals surface area contributed by atoms with Gasteiger partial charge in [0.15, 0.2) is 11.6 Å². The van der Waals surface area contributed by atoms with Crippen LogP contribution in [0.5, 0.6) is 5.75 Å². The number of nitrogens with zero attached hydrogens (tertiary/aromatic N) is 4. The van der Waals surface area contributed by atoms with Crippen LogP contribution in [0.2, 0.25) is 0 Å². The standard InChI is InChI=1S/C27H26F3N5O3/c1-35-13-18(11-32-35)26(16-3-4-24(37-2)21(29)7-16)34-27(36)17-8-20(28)19-12-31-25(33-23(19)9-17)10-15-5-6-38-14-22(15)30/h3-4,7-9,11-13,15,22,26H,5-6,10,14H2,1-2H3,(H,34,36)/t15-,22-,26+/m1/s1. The summed E-state index contributed by atoms with van der Waals surface area (Å²) in [7, 11) is 3.08. The van der Waals surface area contributed by atoms with Crippen molar-refractivity contribution in [2.24, 2.45) is 13.0 Å². The molecule has 3 atom stereocenters. The molecule has 198 valence electrons. The third-order valence-corrected chi connectivity index (χ3v) is 6.67. The van der Waals surface area contributed by atoms with Crippen molar-refractivity contribution in [3.05, 3.63) is 83.1 Å². The third-order valence-electron chi connectivity index (χ3n) is 6.67. The number of hydrogen-bond acceptors (Lipinski definition) is 6. The molecule has 0 aliphatic carbocycles. The lowest BCUT2D eigenvalue weighted by atomic mass is 9.94. The van der Waals surface area contributed by atoms with E-state index in [-0.39, 0.29) is 41.2 Å². The summed E-state index contributed by atoms with van der Waals surface area (Å²) in [5, 5.41) is 7.15. The first-order chi connectivity index (χ1) is 18.3. The van der Waals surface area contributed by atoms with Crippen LogP contribution in [0.15, 0.2) is 48.9 Å². The number of methoxy groups -OCH3 is 1. The first-order valence-electron chi connectivity index (χ1n) is 12.1. The predicted molar refractivity (Wildman–Crippen MR) is 132 cm³/mol. The number of halogens is 3. The first-order valence-corrected chi connectivity index (χ1v) is 12.1. The van der Waals surface area contributed by atoms with E-state index < -0.39 is 29.8 Å². The molecule has 3 heterocycles. The quantitative estimate of drug-likeness (QED) is 0.391. The summed E-state index contributed by atoms with van der Waals surface area (Å²) in [6.07, 6.45) is 4.30. The molecule has 0 saturated carbocycles. The molecule has 11 heteroatoms. The molecule has 1 amide bonds. The van der Waals surface area contributed by atoms with Crippen molar-refractivity contribution in [2.45, 2.75) is 25.1 Å². The van der Waals surface area contributed by atoms with Gasteiger partial charge in [0.25, 0.3) is 5.91 Å². The van der Waals surface area contributed by atoms with Gasteiger partial charge < -0.3 is 14.8 Å². The topological polar surface area (TPSA) is 91.2 Å². The van der Waals surface area contributed by atoms with E-state index in [9.17, 15) is 18.0 Å². The molecule has 0 bridgehead atoms. The molecule has 0 radical (unpaired) electrons. The zero-order valence-electron chi connectivity index (χ0n) is 20.8. The van der Waals surface area contributed by atoms with Crippen LogP contribution in [0.3, 0.4) is 0 Å². The van der Waals surface area contributed by atoms with Crippen molar-refractivity contribution in [2.75, 3.05) is 20.3 Å². The van der Waals surface area contributed by atoms with Crippen molar-refractivity contribution in [1.29, 1.82) is 0 Å². The van der Waals surface area contributed by atoms with Gasteiger partial charge >= 0.3 is 0 Å². The monoisotopic (exact) mass is 525 g/mol. The highest BCUT2D eigenvalue weighted by Gasteiger charge is 2.27. The predicted octanol–water partition coefficient (Wildman–Crippen LogP) is 4.09. The Kier molecular flexibility index (Phi) is 7.28. The number of fused-ring (bicyclic) bond motifs is 1. The minimum Gasteiger partial charge on any atom is -0.494 e. The highest BCUT2D eigenvalue weighted by atomic mass is 19.1. The average Bonchev–Trinajstić information content (AvgIpc) is 3.34. The van der Waals surface area contributed by atoms with Crippen LogP contribution in [0.25, 0.3) is 10.9 Å². The number of benzene rings is 2. The Hall–Kier alpha value is -3.99. The summed E-state index contributed by atoms with van der Waals surface area (Å²) >= 11 is 0. The first kappa shape index (κ1) is 25.7. The van der Waals surface area contributed by atoms with Crippen molar-refractivity contribution in [1.82, 2.24) is 25.1 Å². The summed E-state index contributed by atoms with van der Waals surface area (Å²) in [5.74, 6) is -1.70. The molecule has 0 unspecified atom stereocenters. The van der Waals surface area contributed by atoms with Gasteiger partial charge in [0.05, 0.1) is 36.9 Å². The molecule has 5 rings (SSSR count). The summed E-state index contributed by atoms with van der Waals surface area (Å²) in [6, 6.07) is 6.16. The molecule has 1 aliphatic rings. The maximum Gasteiger partial charge on any atom is 0.252 e. The second-order valence-corrected chi connectivity index (χ2v) is 9.27. The normalized spacial score (nSPS) is 18.3. The van der Waals surface area contributed by atoms with Gasteiger partial charge in [0, 0.05) is 49.5 Å². The molecule has 4 aromatic rings. The molecule has 1 N–H and O–H groups in total. The number of aryl methyl sites for hydroxylation is 1. The Morgan fingerprint density at radius 1 is 1.21 bits per heavy atom. The van der Waals surface area contributed by atoms with Crippen LogP contribution in [-0.4, -0.2) is 52.2 Å². The third kappa shape index (κ3) is 5.33. The molecule has 1 fully saturated rings. The maximum atomic E-state index is 15.0. The number of carbonyl (C=O) groups is 1. The van der Waals surface area contributed by atoms with Crippen molar-refractivity contribution in [3.8, 4) is 5.75 Å². The number of hydrogen-bond donors (Lipinski definition) is 1. The van der Waals surface area contributed by atoms with Gasteiger partial charge in [-0.1, -0.05) is 6.07 Å². The average molecular weight is 526 g/mol. The van der Waals surface area contributed by atoms with Crippen molar-refractivity contribution >= 4 is 16.8 Å². The lowest BCUT2D eigenvalue weighted by Crippen LogP contribution is -2.30. The van der Waals surface area contributed by atoms with Crippen LogP contribution in [-0.2, 0) is 18.2 Å². The molecule has 38 heavy (non-hydrogen) atoms. The van der Waals surface area contributed by atoms with E-state index in [0.717, 1.165) is 6.07 Å². The molecule has 0 spiro atoms. The lowest BCUT2D eigenvalue weighted by molar-refractivity contribution is -0.00172. The minimum absolute atomic E-state index is 0.0250. The fraction of sp³-hybridized carbons (Fsp3) is 0.333. The molecule has 2 aromatic heterocycles. The molecule has 1 aliphatic heterocycles. The van der Waals surface area contributed by atoms with Gasteiger partial charge in [0.2, 0.25) is 0 Å². The Balaban J connectivity index is 1.44. The summed E-state index contributed by atoms with van der Waals surface area (Å²) in [6.45, 7) is 0.501. The van der Waals surface area contributed by atoms with Crippen LogP contribution in [0, 0.1) is 17.6 Å². The SMILES string of the molecule is COc1ccc([C@H](NC(=O)c2cc(F)c3cnc(C[C@H]4CCOC[C@H]4F)nc3c2)c2cnn(C)c2)cc1F. The van der Waals surface area contributed by atoms with Gasteiger partial charge in [-0.15, -0.1) is 0 Å². The van der Waals surface area contributed by atoms with E-state index in [2.05, 4.69) is 20.4 Å². The number of aromatic nitrogens is 4. The molecular formula is C27H26F3N5O3. The fourth-order valence-corrected chi connectivity index (χ4v) is 4.60. The fourth-order valence-electron chi connectivity index (χ4n) is 4.60. The maximum absolute atomic E-state index is 15.0.